The molecule has 0 N–H and O–H groups in total. The molecule has 1 aromatic rings. The smallest absolute Gasteiger partial charge is 0.227 e. The molecular formula is C18H23NO. The molecule has 106 valence electrons. The minimum atomic E-state index is 0.181. The van der Waals surface area contributed by atoms with Crippen molar-refractivity contribution >= 4 is 5.91 Å². The number of benzene rings is 1. The van der Waals surface area contributed by atoms with E-state index in [0.717, 1.165) is 6.42 Å². The molecule has 0 aromatic heterocycles. The normalized spacial score (nSPS) is 29.9. The Bertz CT molecular complexity index is 534. The maximum atomic E-state index is 12.5. The van der Waals surface area contributed by atoms with Gasteiger partial charge in [0, 0.05) is 17.5 Å². The van der Waals surface area contributed by atoms with Gasteiger partial charge >= 0.3 is 0 Å². The van der Waals surface area contributed by atoms with Crippen molar-refractivity contribution in [3.63, 3.8) is 0 Å². The van der Waals surface area contributed by atoms with E-state index in [0.29, 0.717) is 18.9 Å². The van der Waals surface area contributed by atoms with E-state index in [2.05, 4.69) is 32.1 Å². The van der Waals surface area contributed by atoms with Crippen LogP contribution >= 0.6 is 0 Å². The Balaban J connectivity index is 1.93. The van der Waals surface area contributed by atoms with Gasteiger partial charge in [0.1, 0.15) is 0 Å². The van der Waals surface area contributed by atoms with Crippen molar-refractivity contribution < 1.29 is 4.79 Å². The SMILES string of the molecule is C[C@@H]1CC(=O)N(Cc2ccccc2)C2=CCCC[C@]21C. The van der Waals surface area contributed by atoms with Gasteiger partial charge in [-0.05, 0) is 30.7 Å². The molecule has 1 amide bonds. The maximum absolute atomic E-state index is 12.5. The molecule has 1 saturated heterocycles. The average molecular weight is 269 g/mol. The highest BCUT2D eigenvalue weighted by atomic mass is 16.2. The number of likely N-dealkylation sites (tertiary alicyclic amines) is 1. The van der Waals surface area contributed by atoms with Crippen molar-refractivity contribution in [2.24, 2.45) is 11.3 Å². The molecule has 2 aliphatic rings. The van der Waals surface area contributed by atoms with Crippen LogP contribution < -0.4 is 0 Å². The topological polar surface area (TPSA) is 20.3 Å². The summed E-state index contributed by atoms with van der Waals surface area (Å²) in [5.41, 5.74) is 2.67. The molecule has 1 heterocycles. The fourth-order valence-corrected chi connectivity index (χ4v) is 3.66. The number of fused-ring (bicyclic) bond motifs is 1. The van der Waals surface area contributed by atoms with E-state index in [1.807, 2.05) is 23.1 Å². The molecular weight excluding hydrogens is 246 g/mol. The third kappa shape index (κ3) is 2.17. The molecule has 2 heteroatoms. The highest BCUT2D eigenvalue weighted by Crippen LogP contribution is 2.49. The van der Waals surface area contributed by atoms with Gasteiger partial charge in [0.15, 0.2) is 0 Å². The third-order valence-corrected chi connectivity index (χ3v) is 5.17. The summed E-state index contributed by atoms with van der Waals surface area (Å²) in [6, 6.07) is 10.3. The fourth-order valence-electron chi connectivity index (χ4n) is 3.66. The van der Waals surface area contributed by atoms with E-state index in [9.17, 15) is 4.79 Å². The van der Waals surface area contributed by atoms with Crippen LogP contribution in [0.5, 0.6) is 0 Å². The van der Waals surface area contributed by atoms with E-state index >= 15 is 0 Å². The lowest BCUT2D eigenvalue weighted by Gasteiger charge is -2.49. The number of hydrogen-bond donors (Lipinski definition) is 0. The first-order chi connectivity index (χ1) is 9.61. The van der Waals surface area contributed by atoms with Gasteiger partial charge in [0.05, 0.1) is 6.54 Å². The molecule has 0 bridgehead atoms. The van der Waals surface area contributed by atoms with E-state index in [4.69, 9.17) is 0 Å². The van der Waals surface area contributed by atoms with Gasteiger partial charge in [0.25, 0.3) is 0 Å². The third-order valence-electron chi connectivity index (χ3n) is 5.17. The fraction of sp³-hybridized carbons (Fsp3) is 0.500. The van der Waals surface area contributed by atoms with Crippen LogP contribution in [0.3, 0.4) is 0 Å². The minimum absolute atomic E-state index is 0.181. The van der Waals surface area contributed by atoms with Gasteiger partial charge in [0.2, 0.25) is 5.91 Å². The summed E-state index contributed by atoms with van der Waals surface area (Å²) < 4.78 is 0. The van der Waals surface area contributed by atoms with Crippen molar-refractivity contribution in [1.29, 1.82) is 0 Å². The van der Waals surface area contributed by atoms with Crippen molar-refractivity contribution in [1.82, 2.24) is 4.90 Å². The van der Waals surface area contributed by atoms with Crippen LogP contribution in [0.25, 0.3) is 0 Å². The Morgan fingerprint density at radius 1 is 1.30 bits per heavy atom. The first kappa shape index (κ1) is 13.4. The monoisotopic (exact) mass is 269 g/mol. The number of rotatable bonds is 2. The highest BCUT2D eigenvalue weighted by Gasteiger charge is 2.45. The van der Waals surface area contributed by atoms with Crippen molar-refractivity contribution in [3.8, 4) is 0 Å². The number of hydrogen-bond acceptors (Lipinski definition) is 1. The lowest BCUT2D eigenvalue weighted by atomic mass is 9.65. The second kappa shape index (κ2) is 5.08. The van der Waals surface area contributed by atoms with Gasteiger partial charge in [-0.2, -0.15) is 0 Å². The van der Waals surface area contributed by atoms with Crippen molar-refractivity contribution in [2.45, 2.75) is 46.1 Å². The van der Waals surface area contributed by atoms with Crippen LogP contribution in [0.15, 0.2) is 42.1 Å². The highest BCUT2D eigenvalue weighted by molar-refractivity contribution is 5.80. The lowest BCUT2D eigenvalue weighted by Crippen LogP contribution is -2.48. The molecule has 3 rings (SSSR count). The second-order valence-electron chi connectivity index (χ2n) is 6.47. The van der Waals surface area contributed by atoms with E-state index < -0.39 is 0 Å². The van der Waals surface area contributed by atoms with Crippen molar-refractivity contribution in [2.75, 3.05) is 0 Å². The summed E-state index contributed by atoms with van der Waals surface area (Å²) in [6.07, 6.45) is 6.55. The first-order valence-corrected chi connectivity index (χ1v) is 7.66. The maximum Gasteiger partial charge on any atom is 0.227 e. The van der Waals surface area contributed by atoms with Gasteiger partial charge in [-0.25, -0.2) is 0 Å². The molecule has 1 fully saturated rings. The van der Waals surface area contributed by atoms with Crippen LogP contribution in [0.2, 0.25) is 0 Å². The molecule has 1 aliphatic carbocycles. The molecule has 0 unspecified atom stereocenters. The summed E-state index contributed by atoms with van der Waals surface area (Å²) >= 11 is 0. The Morgan fingerprint density at radius 2 is 2.05 bits per heavy atom. The predicted octanol–water partition coefficient (Wildman–Crippen LogP) is 4.13. The quantitative estimate of drug-likeness (QED) is 0.790. The van der Waals surface area contributed by atoms with Gasteiger partial charge in [-0.1, -0.05) is 50.3 Å². The van der Waals surface area contributed by atoms with Crippen LogP contribution in [0.4, 0.5) is 0 Å². The summed E-state index contributed by atoms with van der Waals surface area (Å²) in [5, 5.41) is 0. The average Bonchev–Trinajstić information content (AvgIpc) is 2.45. The zero-order valence-electron chi connectivity index (χ0n) is 12.4. The zero-order chi connectivity index (χ0) is 14.2. The van der Waals surface area contributed by atoms with Gasteiger partial charge < -0.3 is 4.90 Å². The lowest BCUT2D eigenvalue weighted by molar-refractivity contribution is -0.136. The molecule has 2 nitrogen and oxygen atoms in total. The summed E-state index contributed by atoms with van der Waals surface area (Å²) in [5.74, 6) is 0.737. The number of amides is 1. The molecule has 0 radical (unpaired) electrons. The van der Waals surface area contributed by atoms with Crippen LogP contribution in [-0.4, -0.2) is 10.8 Å². The first-order valence-electron chi connectivity index (χ1n) is 7.66. The van der Waals surface area contributed by atoms with E-state index in [1.165, 1.54) is 24.1 Å². The zero-order valence-corrected chi connectivity index (χ0v) is 12.4. The van der Waals surface area contributed by atoms with Crippen LogP contribution in [0, 0.1) is 11.3 Å². The summed E-state index contributed by atoms with van der Waals surface area (Å²) in [4.78, 5) is 14.5. The summed E-state index contributed by atoms with van der Waals surface area (Å²) in [6.45, 7) is 5.29. The number of piperidine rings is 1. The van der Waals surface area contributed by atoms with Crippen LogP contribution in [-0.2, 0) is 11.3 Å². The molecule has 1 aliphatic heterocycles. The summed E-state index contributed by atoms with van der Waals surface area (Å²) in [7, 11) is 0. The Kier molecular flexibility index (Phi) is 3.41. The standard InChI is InChI=1S/C18H23NO/c1-14-12-17(20)19(13-15-8-4-3-5-9-15)16-10-6-7-11-18(14,16)2/h3-5,8-10,14H,6-7,11-13H2,1-2H3/t14-,18+/m1/s1. The number of carbonyl (C=O) groups excluding carboxylic acids is 1. The largest absolute Gasteiger partial charge is 0.312 e. The van der Waals surface area contributed by atoms with E-state index in [1.54, 1.807) is 0 Å². The molecule has 0 spiro atoms. The Hall–Kier alpha value is -1.57. The number of allylic oxidation sites excluding steroid dienone is 2. The Labute approximate surface area is 121 Å². The van der Waals surface area contributed by atoms with E-state index in [-0.39, 0.29) is 11.3 Å². The Morgan fingerprint density at radius 3 is 2.80 bits per heavy atom. The minimum Gasteiger partial charge on any atom is -0.312 e. The molecule has 2 atom stereocenters. The van der Waals surface area contributed by atoms with Gasteiger partial charge in [-0.15, -0.1) is 0 Å². The number of nitrogens with zero attached hydrogens (tertiary/aromatic N) is 1. The predicted molar refractivity (Wildman–Crippen MR) is 80.8 cm³/mol. The van der Waals surface area contributed by atoms with Crippen LogP contribution in [0.1, 0.15) is 45.1 Å². The molecule has 0 saturated carbocycles. The van der Waals surface area contributed by atoms with Gasteiger partial charge in [-0.3, -0.25) is 4.79 Å². The molecule has 20 heavy (non-hydrogen) atoms. The molecule has 1 aromatic carbocycles. The van der Waals surface area contributed by atoms with Crippen molar-refractivity contribution in [3.05, 3.63) is 47.7 Å². The second-order valence-corrected chi connectivity index (χ2v) is 6.47. The number of carbonyl (C=O) groups is 1.